The smallest absolute Gasteiger partial charge is 0.203 e. The van der Waals surface area contributed by atoms with E-state index < -0.39 is 0 Å². The predicted molar refractivity (Wildman–Crippen MR) is 40.5 cm³/mol. The Morgan fingerprint density at radius 2 is 1.83 bits per heavy atom. The highest BCUT2D eigenvalue weighted by Crippen LogP contribution is 2.12. The lowest BCUT2D eigenvalue weighted by Gasteiger charge is -1.91. The second-order valence-electron chi connectivity index (χ2n) is 2.39. The number of aromatic amines is 1. The highest BCUT2D eigenvalue weighted by molar-refractivity contribution is 5.80. The summed E-state index contributed by atoms with van der Waals surface area (Å²) in [7, 11) is 0. The van der Waals surface area contributed by atoms with Gasteiger partial charge >= 0.3 is 0 Å². The zero-order chi connectivity index (χ0) is 7.68. The van der Waals surface area contributed by atoms with Gasteiger partial charge in [-0.3, -0.25) is 0 Å². The van der Waals surface area contributed by atoms with Crippen LogP contribution in [0.2, 0.25) is 0 Å². The van der Waals surface area contributed by atoms with Gasteiger partial charge in [0.15, 0.2) is 12.0 Å². The van der Waals surface area contributed by atoms with Crippen molar-refractivity contribution in [1.82, 2.24) is 0 Å². The largest absolute Gasteiger partial charge is 1.00 e. The molecule has 0 saturated heterocycles. The fourth-order valence-corrected chi connectivity index (χ4v) is 1.12. The van der Waals surface area contributed by atoms with Crippen molar-refractivity contribution in [3.8, 4) is 0 Å². The summed E-state index contributed by atoms with van der Waals surface area (Å²) in [4.78, 5) is 2.73. The molecule has 3 heteroatoms. The molecule has 1 heterocycles. The Labute approximate surface area is 75.7 Å². The van der Waals surface area contributed by atoms with Crippen molar-refractivity contribution in [2.75, 3.05) is 0 Å². The average Bonchev–Trinajstić information content (AvgIpc) is 2.06. The lowest BCUT2D eigenvalue weighted by atomic mass is 10.2. The topological polar surface area (TPSA) is 14.1 Å². The quantitative estimate of drug-likeness (QED) is 0.487. The molecule has 0 unspecified atom stereocenters. The van der Waals surface area contributed by atoms with Crippen LogP contribution < -0.4 is 17.4 Å². The fraction of sp³-hybridized carbons (Fsp3) is 0. The fourth-order valence-electron chi connectivity index (χ4n) is 1.12. The van der Waals surface area contributed by atoms with E-state index in [-0.39, 0.29) is 18.2 Å². The van der Waals surface area contributed by atoms with E-state index in [1.54, 1.807) is 12.3 Å². The summed E-state index contributed by atoms with van der Waals surface area (Å²) in [5, 5.41) is 1.55. The normalized spacial score (nSPS) is 9.42. The highest BCUT2D eigenvalue weighted by Gasteiger charge is 2.01. The van der Waals surface area contributed by atoms with Crippen molar-refractivity contribution in [2.24, 2.45) is 0 Å². The molecule has 0 spiro atoms. The van der Waals surface area contributed by atoms with Gasteiger partial charge in [0.2, 0.25) is 6.20 Å². The molecule has 0 radical (unpaired) electrons. The van der Waals surface area contributed by atoms with Gasteiger partial charge in [0.25, 0.3) is 0 Å². The zero-order valence-electron chi connectivity index (χ0n) is 6.22. The van der Waals surface area contributed by atoms with E-state index in [1.165, 1.54) is 6.20 Å². The molecule has 1 N–H and O–H groups in total. The average molecular weight is 184 g/mol. The number of H-pyrrole nitrogens is 1. The van der Waals surface area contributed by atoms with Crippen molar-refractivity contribution in [2.45, 2.75) is 0 Å². The standard InChI is InChI=1S/C9H6FN.ClH/c10-9-6-11-5-7-3-1-2-4-8(7)9;/h1-6H;1H. The van der Waals surface area contributed by atoms with E-state index >= 15 is 0 Å². The number of hydrogen-bond donors (Lipinski definition) is 0. The van der Waals surface area contributed by atoms with Gasteiger partial charge in [-0.25, -0.2) is 4.98 Å². The van der Waals surface area contributed by atoms with E-state index in [1.807, 2.05) is 18.2 Å². The zero-order valence-corrected chi connectivity index (χ0v) is 6.98. The molecule has 0 aliphatic rings. The molecule has 2 rings (SSSR count). The molecule has 1 aromatic heterocycles. The summed E-state index contributed by atoms with van der Waals surface area (Å²) in [6, 6.07) is 7.34. The number of fused-ring (bicyclic) bond motifs is 1. The molecule has 1 aromatic carbocycles. The third kappa shape index (κ3) is 1.38. The SMILES string of the molecule is Fc1c[nH+]cc2ccccc12.[Cl-]. The Hall–Kier alpha value is -1.15. The van der Waals surface area contributed by atoms with Crippen molar-refractivity contribution in [3.63, 3.8) is 0 Å². The molecule has 0 fully saturated rings. The minimum Gasteiger partial charge on any atom is -1.00 e. The van der Waals surface area contributed by atoms with Crippen LogP contribution >= 0.6 is 0 Å². The van der Waals surface area contributed by atoms with Crippen LogP contribution in [0.1, 0.15) is 0 Å². The number of hydrogen-bond acceptors (Lipinski definition) is 0. The summed E-state index contributed by atoms with van der Waals surface area (Å²) in [6.45, 7) is 0. The van der Waals surface area contributed by atoms with Gasteiger partial charge in [-0.15, -0.1) is 0 Å². The Morgan fingerprint density at radius 3 is 2.58 bits per heavy atom. The van der Waals surface area contributed by atoms with E-state index in [0.29, 0.717) is 5.39 Å². The van der Waals surface area contributed by atoms with Gasteiger partial charge < -0.3 is 12.4 Å². The van der Waals surface area contributed by atoms with Gasteiger partial charge in [-0.2, -0.15) is 4.39 Å². The Balaban J connectivity index is 0.000000720. The van der Waals surface area contributed by atoms with Gasteiger partial charge in [-0.1, -0.05) is 18.2 Å². The highest BCUT2D eigenvalue weighted by atomic mass is 35.5. The lowest BCUT2D eigenvalue weighted by molar-refractivity contribution is -0.378. The number of pyridine rings is 1. The van der Waals surface area contributed by atoms with Crippen LogP contribution in [-0.2, 0) is 0 Å². The summed E-state index contributed by atoms with van der Waals surface area (Å²) in [6.07, 6.45) is 3.13. The monoisotopic (exact) mass is 183 g/mol. The van der Waals surface area contributed by atoms with Crippen molar-refractivity contribution < 1.29 is 21.8 Å². The Morgan fingerprint density at radius 1 is 1.08 bits per heavy atom. The van der Waals surface area contributed by atoms with E-state index in [2.05, 4.69) is 4.98 Å². The second kappa shape index (κ2) is 3.50. The molecule has 1 nitrogen and oxygen atoms in total. The number of halogens is 2. The van der Waals surface area contributed by atoms with Crippen molar-refractivity contribution >= 4 is 10.8 Å². The van der Waals surface area contributed by atoms with E-state index in [0.717, 1.165) is 5.39 Å². The molecule has 0 aliphatic carbocycles. The minimum atomic E-state index is -0.205. The first-order valence-corrected chi connectivity index (χ1v) is 3.42. The molecule has 0 atom stereocenters. The molecular formula is C9H7ClFN. The number of aromatic nitrogens is 1. The van der Waals surface area contributed by atoms with Gasteiger partial charge in [0.1, 0.15) is 0 Å². The van der Waals surface area contributed by atoms with Crippen LogP contribution in [-0.4, -0.2) is 0 Å². The molecule has 0 amide bonds. The molecule has 0 aliphatic heterocycles. The molecule has 0 saturated carbocycles. The maximum Gasteiger partial charge on any atom is 0.203 e. The van der Waals surface area contributed by atoms with E-state index in [4.69, 9.17) is 0 Å². The lowest BCUT2D eigenvalue weighted by Crippen LogP contribution is -3.00. The first kappa shape index (κ1) is 8.94. The van der Waals surface area contributed by atoms with Crippen LogP contribution in [0.15, 0.2) is 36.7 Å². The van der Waals surface area contributed by atoms with Crippen LogP contribution in [0.3, 0.4) is 0 Å². The molecule has 12 heavy (non-hydrogen) atoms. The van der Waals surface area contributed by atoms with Gasteiger partial charge in [0, 0.05) is 10.8 Å². The molecular weight excluding hydrogens is 177 g/mol. The maximum atomic E-state index is 13.0. The van der Waals surface area contributed by atoms with E-state index in [9.17, 15) is 4.39 Å². The third-order valence-electron chi connectivity index (χ3n) is 1.67. The summed E-state index contributed by atoms with van der Waals surface area (Å²) in [5.41, 5.74) is 0. The molecule has 2 aromatic rings. The third-order valence-corrected chi connectivity index (χ3v) is 1.67. The predicted octanol–water partition coefficient (Wildman–Crippen LogP) is -1.20. The van der Waals surface area contributed by atoms with Crippen LogP contribution in [0, 0.1) is 5.82 Å². The molecule has 0 bridgehead atoms. The van der Waals surface area contributed by atoms with Crippen molar-refractivity contribution in [3.05, 3.63) is 42.5 Å². The Bertz CT molecular complexity index is 384. The second-order valence-corrected chi connectivity index (χ2v) is 2.39. The summed E-state index contributed by atoms with van der Waals surface area (Å²) < 4.78 is 13.0. The van der Waals surface area contributed by atoms with Crippen LogP contribution in [0.5, 0.6) is 0 Å². The summed E-state index contributed by atoms with van der Waals surface area (Å²) >= 11 is 0. The Kier molecular flexibility index (Phi) is 2.61. The number of rotatable bonds is 0. The number of nitrogens with one attached hydrogen (secondary N) is 1. The van der Waals surface area contributed by atoms with Gasteiger partial charge in [-0.05, 0) is 6.07 Å². The van der Waals surface area contributed by atoms with Crippen LogP contribution in [0.4, 0.5) is 4.39 Å². The molecule has 62 valence electrons. The minimum absolute atomic E-state index is 0. The number of benzene rings is 1. The van der Waals surface area contributed by atoms with Gasteiger partial charge in [0.05, 0.1) is 0 Å². The first-order valence-electron chi connectivity index (χ1n) is 3.42. The first-order chi connectivity index (χ1) is 5.38. The maximum absolute atomic E-state index is 13.0. The van der Waals surface area contributed by atoms with Crippen molar-refractivity contribution in [1.29, 1.82) is 0 Å². The summed E-state index contributed by atoms with van der Waals surface area (Å²) in [5.74, 6) is -0.205. The van der Waals surface area contributed by atoms with Crippen LogP contribution in [0.25, 0.3) is 10.8 Å².